The van der Waals surface area contributed by atoms with Gasteiger partial charge in [-0.15, -0.1) is 11.3 Å². The molecule has 0 saturated carbocycles. The van der Waals surface area contributed by atoms with E-state index in [4.69, 9.17) is 4.98 Å². The summed E-state index contributed by atoms with van der Waals surface area (Å²) in [6, 6.07) is 6.93. The lowest BCUT2D eigenvalue weighted by Gasteiger charge is -2.35. The van der Waals surface area contributed by atoms with Crippen molar-refractivity contribution in [3.63, 3.8) is 0 Å². The second kappa shape index (κ2) is 7.86. The molecule has 6 rings (SSSR count). The predicted octanol–water partition coefficient (Wildman–Crippen LogP) is 3.23. The fraction of sp³-hybridized carbons (Fsp3) is 0.619. The molecular formula is C21H29N5S. The summed E-state index contributed by atoms with van der Waals surface area (Å²) >= 11 is 1.91. The Balaban J connectivity index is 1.24. The van der Waals surface area contributed by atoms with E-state index in [0.29, 0.717) is 6.04 Å². The molecule has 0 aliphatic carbocycles. The average molecular weight is 384 g/mol. The maximum Gasteiger partial charge on any atom is 0.185 e. The maximum absolute atomic E-state index is 4.72. The van der Waals surface area contributed by atoms with E-state index in [1.165, 1.54) is 74.1 Å². The molecule has 4 aliphatic rings. The Bertz CT molecular complexity index is 742. The first-order valence-electron chi connectivity index (χ1n) is 10.4. The minimum Gasteiger partial charge on any atom is -0.348 e. The van der Waals surface area contributed by atoms with Gasteiger partial charge in [0.05, 0.1) is 5.69 Å². The molecule has 4 aliphatic heterocycles. The highest BCUT2D eigenvalue weighted by Gasteiger charge is 2.35. The van der Waals surface area contributed by atoms with Crippen LogP contribution in [0.3, 0.4) is 0 Å². The molecule has 2 atom stereocenters. The quantitative estimate of drug-likeness (QED) is 0.792. The van der Waals surface area contributed by atoms with Gasteiger partial charge in [0.1, 0.15) is 0 Å². The van der Waals surface area contributed by atoms with E-state index in [0.717, 1.165) is 19.0 Å². The van der Waals surface area contributed by atoms with Crippen LogP contribution in [-0.4, -0.2) is 58.5 Å². The van der Waals surface area contributed by atoms with Crippen molar-refractivity contribution in [1.82, 2.24) is 19.8 Å². The van der Waals surface area contributed by atoms with E-state index < -0.39 is 0 Å². The molecule has 5 nitrogen and oxygen atoms in total. The Morgan fingerprint density at radius 3 is 2.78 bits per heavy atom. The van der Waals surface area contributed by atoms with Crippen molar-refractivity contribution in [3.05, 3.63) is 41.2 Å². The number of rotatable bonds is 5. The zero-order valence-corrected chi connectivity index (χ0v) is 16.8. The van der Waals surface area contributed by atoms with Gasteiger partial charge in [0.15, 0.2) is 5.13 Å². The first-order valence-corrected chi connectivity index (χ1v) is 11.2. The van der Waals surface area contributed by atoms with Crippen molar-refractivity contribution in [3.8, 4) is 0 Å². The first kappa shape index (κ1) is 17.6. The average Bonchev–Trinajstić information content (AvgIpc) is 3.30. The van der Waals surface area contributed by atoms with Crippen LogP contribution < -0.4 is 4.90 Å². The Hall–Kier alpha value is -1.50. The monoisotopic (exact) mass is 383 g/mol. The molecule has 6 heteroatoms. The highest BCUT2D eigenvalue weighted by molar-refractivity contribution is 7.15. The van der Waals surface area contributed by atoms with Crippen LogP contribution in [0.25, 0.3) is 0 Å². The van der Waals surface area contributed by atoms with Gasteiger partial charge in [0, 0.05) is 69.1 Å². The van der Waals surface area contributed by atoms with Gasteiger partial charge in [-0.2, -0.15) is 0 Å². The normalized spacial score (nSPS) is 26.6. The van der Waals surface area contributed by atoms with Gasteiger partial charge in [-0.05, 0) is 43.7 Å². The third-order valence-corrected chi connectivity index (χ3v) is 7.33. The van der Waals surface area contributed by atoms with Crippen LogP contribution in [0, 0.1) is 5.92 Å². The van der Waals surface area contributed by atoms with Crippen molar-refractivity contribution in [2.24, 2.45) is 5.92 Å². The lowest BCUT2D eigenvalue weighted by atomic mass is 9.95. The van der Waals surface area contributed by atoms with E-state index in [-0.39, 0.29) is 0 Å². The molecule has 2 bridgehead atoms. The molecule has 27 heavy (non-hydrogen) atoms. The smallest absolute Gasteiger partial charge is 0.185 e. The standard InChI is InChI=1S/C21H29N5S/c1-2-8-22-18(5-1)14-24-12-17-6-7-19(15-24)26(13-17)16-20-11-23-21(27-20)25-9-3-4-10-25/h1-2,5,8,11,17,19H,3-4,6-7,9-10,12-16H2/t17-,19+/m1/s1. The molecule has 0 amide bonds. The van der Waals surface area contributed by atoms with Gasteiger partial charge in [-0.25, -0.2) is 4.98 Å². The minimum atomic E-state index is 0.671. The van der Waals surface area contributed by atoms with E-state index in [1.54, 1.807) is 0 Å². The fourth-order valence-corrected chi connectivity index (χ4v) is 5.93. The number of anilines is 1. The van der Waals surface area contributed by atoms with Crippen molar-refractivity contribution in [2.45, 2.75) is 44.8 Å². The molecule has 4 fully saturated rings. The Kier molecular flexibility index (Phi) is 5.12. The number of thiazole rings is 1. The van der Waals surface area contributed by atoms with Crippen molar-refractivity contribution in [1.29, 1.82) is 0 Å². The second-order valence-electron chi connectivity index (χ2n) is 8.35. The van der Waals surface area contributed by atoms with E-state index in [1.807, 2.05) is 23.6 Å². The third kappa shape index (κ3) is 4.03. The third-order valence-electron chi connectivity index (χ3n) is 6.29. The summed E-state index contributed by atoms with van der Waals surface area (Å²) in [5, 5.41) is 1.24. The number of piperidine rings is 1. The van der Waals surface area contributed by atoms with Gasteiger partial charge >= 0.3 is 0 Å². The number of pyridine rings is 1. The molecule has 0 spiro atoms. The van der Waals surface area contributed by atoms with Crippen LogP contribution in [0.5, 0.6) is 0 Å². The molecule has 2 aromatic rings. The molecule has 0 aromatic carbocycles. The summed E-state index contributed by atoms with van der Waals surface area (Å²) in [5.74, 6) is 0.790. The van der Waals surface area contributed by atoms with Crippen LogP contribution in [-0.2, 0) is 13.1 Å². The van der Waals surface area contributed by atoms with Gasteiger partial charge < -0.3 is 4.90 Å². The van der Waals surface area contributed by atoms with Crippen molar-refractivity contribution in [2.75, 3.05) is 37.6 Å². The SMILES string of the molecule is c1ccc(CN2C[C@H]3CC[C@@H](C2)N(Cc2cnc(N4CCCC4)s2)C3)nc1. The summed E-state index contributed by atoms with van der Waals surface area (Å²) in [6.07, 6.45) is 9.38. The van der Waals surface area contributed by atoms with Gasteiger partial charge in [0.2, 0.25) is 0 Å². The highest BCUT2D eigenvalue weighted by Crippen LogP contribution is 2.32. The zero-order chi connectivity index (χ0) is 18.1. The number of hydrogen-bond acceptors (Lipinski definition) is 6. The summed E-state index contributed by atoms with van der Waals surface area (Å²) in [6.45, 7) is 8.05. The van der Waals surface area contributed by atoms with E-state index >= 15 is 0 Å². The largest absolute Gasteiger partial charge is 0.348 e. The van der Waals surface area contributed by atoms with Crippen LogP contribution in [0.4, 0.5) is 5.13 Å². The Morgan fingerprint density at radius 2 is 1.93 bits per heavy atom. The van der Waals surface area contributed by atoms with E-state index in [2.05, 4.69) is 38.0 Å². The van der Waals surface area contributed by atoms with Gasteiger partial charge in [0.25, 0.3) is 0 Å². The Morgan fingerprint density at radius 1 is 1.00 bits per heavy atom. The second-order valence-corrected chi connectivity index (χ2v) is 9.44. The predicted molar refractivity (Wildman–Crippen MR) is 110 cm³/mol. The Labute approximate surface area is 166 Å². The fourth-order valence-electron chi connectivity index (χ4n) is 4.94. The molecule has 2 aromatic heterocycles. The molecule has 0 N–H and O–H groups in total. The molecule has 0 unspecified atom stereocenters. The lowest BCUT2D eigenvalue weighted by Crippen LogP contribution is -2.43. The van der Waals surface area contributed by atoms with Gasteiger partial charge in [-0.1, -0.05) is 6.07 Å². The summed E-state index contributed by atoms with van der Waals surface area (Å²) < 4.78 is 0. The summed E-state index contributed by atoms with van der Waals surface area (Å²) in [5.41, 5.74) is 1.20. The van der Waals surface area contributed by atoms with Gasteiger partial charge in [-0.3, -0.25) is 14.8 Å². The topological polar surface area (TPSA) is 35.5 Å². The number of fused-ring (bicyclic) bond motifs is 4. The number of nitrogens with zero attached hydrogens (tertiary/aromatic N) is 5. The number of hydrogen-bond donors (Lipinski definition) is 0. The zero-order valence-electron chi connectivity index (χ0n) is 16.0. The van der Waals surface area contributed by atoms with Crippen LogP contribution in [0.15, 0.2) is 30.6 Å². The molecule has 6 heterocycles. The van der Waals surface area contributed by atoms with E-state index in [9.17, 15) is 0 Å². The maximum atomic E-state index is 4.72. The lowest BCUT2D eigenvalue weighted by molar-refractivity contribution is 0.124. The molecular weight excluding hydrogens is 354 g/mol. The molecule has 144 valence electrons. The van der Waals surface area contributed by atoms with Crippen LogP contribution in [0.2, 0.25) is 0 Å². The number of aromatic nitrogens is 2. The molecule has 4 saturated heterocycles. The summed E-state index contributed by atoms with van der Waals surface area (Å²) in [4.78, 5) is 18.5. The van der Waals surface area contributed by atoms with Crippen LogP contribution in [0.1, 0.15) is 36.3 Å². The first-order chi connectivity index (χ1) is 13.3. The summed E-state index contributed by atoms with van der Waals surface area (Å²) in [7, 11) is 0. The van der Waals surface area contributed by atoms with Crippen LogP contribution >= 0.6 is 11.3 Å². The highest BCUT2D eigenvalue weighted by atomic mass is 32.1. The minimum absolute atomic E-state index is 0.671. The van der Waals surface area contributed by atoms with Crippen molar-refractivity contribution < 1.29 is 0 Å². The molecule has 0 radical (unpaired) electrons. The van der Waals surface area contributed by atoms with Crippen molar-refractivity contribution >= 4 is 16.5 Å².